The van der Waals surface area contributed by atoms with Crippen molar-refractivity contribution in [2.24, 2.45) is 14.1 Å². The van der Waals surface area contributed by atoms with E-state index in [1.54, 1.807) is 0 Å². The van der Waals surface area contributed by atoms with Crippen LogP contribution in [-0.4, -0.2) is 31.0 Å². The van der Waals surface area contributed by atoms with Crippen LogP contribution in [0.3, 0.4) is 0 Å². The van der Waals surface area contributed by atoms with E-state index in [0.29, 0.717) is 9.47 Å². The molecule has 0 aliphatic heterocycles. The molecule has 0 atom stereocenters. The van der Waals surface area contributed by atoms with Gasteiger partial charge < -0.3 is 10.6 Å². The third-order valence-electron chi connectivity index (χ3n) is 3.83. The average Bonchev–Trinajstić information content (AvgIpc) is 3.12. The van der Waals surface area contributed by atoms with Crippen LogP contribution in [-0.2, 0) is 18.9 Å². The first kappa shape index (κ1) is 19.8. The van der Waals surface area contributed by atoms with Crippen molar-refractivity contribution in [3.05, 3.63) is 56.7 Å². The van der Waals surface area contributed by atoms with Crippen molar-refractivity contribution in [1.29, 1.82) is 0 Å². The van der Waals surface area contributed by atoms with Gasteiger partial charge in [-0.25, -0.2) is 4.79 Å². The number of thioether (sulfide) groups is 1. The molecule has 2 aromatic heterocycles. The normalized spacial score (nSPS) is 10.7. The highest BCUT2D eigenvalue weighted by molar-refractivity contribution is 8.01. The van der Waals surface area contributed by atoms with Gasteiger partial charge in [0.1, 0.15) is 5.82 Å². The summed E-state index contributed by atoms with van der Waals surface area (Å²) in [6, 6.07) is 9.09. The molecule has 0 unspecified atom stereocenters. The van der Waals surface area contributed by atoms with Gasteiger partial charge in [-0.05, 0) is 19.1 Å². The predicted octanol–water partition coefficient (Wildman–Crippen LogP) is 1.72. The zero-order valence-corrected chi connectivity index (χ0v) is 17.1. The lowest BCUT2D eigenvalue weighted by molar-refractivity contribution is -0.113. The number of nitrogens with one attached hydrogen (secondary N) is 2. The molecule has 1 aromatic carbocycles. The first-order valence-corrected chi connectivity index (χ1v) is 10.0. The molecule has 0 radical (unpaired) electrons. The van der Waals surface area contributed by atoms with Crippen LogP contribution in [0.25, 0.3) is 0 Å². The first-order chi connectivity index (χ1) is 13.3. The molecule has 0 saturated carbocycles. The summed E-state index contributed by atoms with van der Waals surface area (Å²) in [5, 5.41) is 14.5. The topological polar surface area (TPSA) is 111 Å². The minimum absolute atomic E-state index is 0.0720. The lowest BCUT2D eigenvalue weighted by Gasteiger charge is -2.10. The highest BCUT2D eigenvalue weighted by atomic mass is 32.2. The summed E-state index contributed by atoms with van der Waals surface area (Å²) in [7, 11) is 2.86. The van der Waals surface area contributed by atoms with Gasteiger partial charge in [0, 0.05) is 25.8 Å². The fourth-order valence-corrected chi connectivity index (χ4v) is 3.81. The number of nitrogens with zero attached hydrogens (tertiary/aromatic N) is 4. The zero-order valence-electron chi connectivity index (χ0n) is 15.4. The van der Waals surface area contributed by atoms with E-state index in [1.807, 2.05) is 31.2 Å². The molecule has 0 saturated heterocycles. The minimum atomic E-state index is -0.508. The molecule has 0 aliphatic rings. The number of amides is 1. The second kappa shape index (κ2) is 8.40. The Morgan fingerprint density at radius 3 is 2.57 bits per heavy atom. The van der Waals surface area contributed by atoms with Crippen LogP contribution in [0.15, 0.2) is 44.3 Å². The summed E-state index contributed by atoms with van der Waals surface area (Å²) < 4.78 is 2.80. The second-order valence-electron chi connectivity index (χ2n) is 5.97. The summed E-state index contributed by atoms with van der Waals surface area (Å²) in [5.41, 5.74) is 1.08. The molecule has 28 heavy (non-hydrogen) atoms. The van der Waals surface area contributed by atoms with Crippen molar-refractivity contribution in [3.8, 4) is 0 Å². The molecule has 0 aliphatic carbocycles. The lowest BCUT2D eigenvalue weighted by Crippen LogP contribution is -2.38. The molecule has 3 aromatic rings. The predicted molar refractivity (Wildman–Crippen MR) is 111 cm³/mol. The Labute approximate surface area is 168 Å². The Balaban J connectivity index is 1.58. The SMILES string of the molecule is Cc1ccc(Nc2nnc(SCC(=O)Nc3cc(=O)n(C)c(=O)n3C)s2)cc1. The van der Waals surface area contributed by atoms with E-state index < -0.39 is 11.2 Å². The van der Waals surface area contributed by atoms with E-state index in [1.165, 1.54) is 53.4 Å². The van der Waals surface area contributed by atoms with Crippen LogP contribution in [0.5, 0.6) is 0 Å². The Morgan fingerprint density at radius 2 is 1.86 bits per heavy atom. The average molecular weight is 419 g/mol. The van der Waals surface area contributed by atoms with Gasteiger partial charge in [-0.3, -0.25) is 18.7 Å². The molecule has 0 bridgehead atoms. The van der Waals surface area contributed by atoms with Crippen molar-refractivity contribution in [2.75, 3.05) is 16.4 Å². The van der Waals surface area contributed by atoms with Gasteiger partial charge in [-0.2, -0.15) is 0 Å². The molecule has 3 rings (SSSR count). The van der Waals surface area contributed by atoms with Crippen molar-refractivity contribution in [1.82, 2.24) is 19.3 Å². The van der Waals surface area contributed by atoms with Crippen LogP contribution in [0.1, 0.15) is 5.56 Å². The van der Waals surface area contributed by atoms with Crippen molar-refractivity contribution in [2.45, 2.75) is 11.3 Å². The van der Waals surface area contributed by atoms with Gasteiger partial charge in [0.05, 0.1) is 5.75 Å². The first-order valence-electron chi connectivity index (χ1n) is 8.20. The van der Waals surface area contributed by atoms with Crippen LogP contribution >= 0.6 is 23.1 Å². The van der Waals surface area contributed by atoms with E-state index in [-0.39, 0.29) is 17.5 Å². The van der Waals surface area contributed by atoms with Crippen molar-refractivity contribution >= 4 is 45.6 Å². The molecule has 9 nitrogen and oxygen atoms in total. The molecule has 146 valence electrons. The standard InChI is InChI=1S/C17H18N6O3S2/c1-10-4-6-11(7-5-10)18-15-20-21-16(28-15)27-9-13(24)19-12-8-14(25)23(3)17(26)22(12)2/h4-8H,9H2,1-3H3,(H,18,20)(H,19,24). The molecular weight excluding hydrogens is 400 g/mol. The van der Waals surface area contributed by atoms with Gasteiger partial charge in [-0.1, -0.05) is 40.8 Å². The highest BCUT2D eigenvalue weighted by Crippen LogP contribution is 2.27. The fraction of sp³-hybridized carbons (Fsp3) is 0.235. The quantitative estimate of drug-likeness (QED) is 0.586. The number of aryl methyl sites for hydroxylation is 1. The van der Waals surface area contributed by atoms with Gasteiger partial charge in [0.25, 0.3) is 5.56 Å². The largest absolute Gasteiger partial charge is 0.332 e. The molecule has 0 fully saturated rings. The Hall–Kier alpha value is -2.92. The number of rotatable bonds is 6. The van der Waals surface area contributed by atoms with E-state index in [0.717, 1.165) is 10.3 Å². The number of anilines is 3. The Kier molecular flexibility index (Phi) is 5.95. The molecule has 11 heteroatoms. The van der Waals surface area contributed by atoms with Gasteiger partial charge in [0.2, 0.25) is 11.0 Å². The van der Waals surface area contributed by atoms with Gasteiger partial charge >= 0.3 is 5.69 Å². The number of benzene rings is 1. The van der Waals surface area contributed by atoms with Crippen LogP contribution < -0.4 is 21.9 Å². The second-order valence-corrected chi connectivity index (χ2v) is 8.17. The van der Waals surface area contributed by atoms with Crippen LogP contribution in [0, 0.1) is 6.92 Å². The van der Waals surface area contributed by atoms with E-state index in [9.17, 15) is 14.4 Å². The summed E-state index contributed by atoms with van der Waals surface area (Å²) in [4.78, 5) is 35.8. The minimum Gasteiger partial charge on any atom is -0.330 e. The summed E-state index contributed by atoms with van der Waals surface area (Å²) >= 11 is 2.55. The number of hydrogen-bond donors (Lipinski definition) is 2. The van der Waals surface area contributed by atoms with E-state index in [4.69, 9.17) is 0 Å². The third kappa shape index (κ3) is 4.67. The molecule has 2 heterocycles. The number of carbonyl (C=O) groups is 1. The van der Waals surface area contributed by atoms with E-state index in [2.05, 4.69) is 20.8 Å². The molecule has 2 N–H and O–H groups in total. The third-order valence-corrected chi connectivity index (χ3v) is 5.80. The maximum Gasteiger partial charge on any atom is 0.332 e. The summed E-state index contributed by atoms with van der Waals surface area (Å²) in [5.74, 6) is -0.128. The number of carbonyl (C=O) groups excluding carboxylic acids is 1. The zero-order chi connectivity index (χ0) is 20.3. The summed E-state index contributed by atoms with van der Waals surface area (Å²) in [6.45, 7) is 2.01. The molecule has 1 amide bonds. The van der Waals surface area contributed by atoms with E-state index >= 15 is 0 Å². The fourth-order valence-electron chi connectivity index (χ4n) is 2.24. The number of aromatic nitrogens is 4. The van der Waals surface area contributed by atoms with Gasteiger partial charge in [-0.15, -0.1) is 10.2 Å². The lowest BCUT2D eigenvalue weighted by atomic mass is 10.2. The molecule has 0 spiro atoms. The van der Waals surface area contributed by atoms with Crippen molar-refractivity contribution in [3.63, 3.8) is 0 Å². The number of hydrogen-bond acceptors (Lipinski definition) is 8. The smallest absolute Gasteiger partial charge is 0.330 e. The maximum atomic E-state index is 12.2. The maximum absolute atomic E-state index is 12.2. The Morgan fingerprint density at radius 1 is 1.14 bits per heavy atom. The monoisotopic (exact) mass is 418 g/mol. The highest BCUT2D eigenvalue weighted by Gasteiger charge is 2.12. The Bertz CT molecular complexity index is 1120. The van der Waals surface area contributed by atoms with Crippen LogP contribution in [0.2, 0.25) is 0 Å². The molecular formula is C17H18N6O3S2. The van der Waals surface area contributed by atoms with Gasteiger partial charge in [0.15, 0.2) is 4.34 Å². The van der Waals surface area contributed by atoms with Crippen LogP contribution in [0.4, 0.5) is 16.6 Å². The van der Waals surface area contributed by atoms with Crippen molar-refractivity contribution < 1.29 is 4.79 Å². The summed E-state index contributed by atoms with van der Waals surface area (Å²) in [6.07, 6.45) is 0.